The fourth-order valence-corrected chi connectivity index (χ4v) is 3.66. The van der Waals surface area contributed by atoms with E-state index in [1.165, 1.54) is 0 Å². The molecule has 0 bridgehead atoms. The molecule has 3 rings (SSSR count). The van der Waals surface area contributed by atoms with Gasteiger partial charge in [0.2, 0.25) is 0 Å². The van der Waals surface area contributed by atoms with Crippen LogP contribution in [0.1, 0.15) is 27.0 Å². The predicted octanol–water partition coefficient (Wildman–Crippen LogP) is 5.54. The Labute approximate surface area is 168 Å². The van der Waals surface area contributed by atoms with E-state index in [0.717, 1.165) is 26.6 Å². The smallest absolute Gasteiger partial charge is 0.335 e. The molecular formula is C23H21NO3S. The summed E-state index contributed by atoms with van der Waals surface area (Å²) < 4.78 is 0. The van der Waals surface area contributed by atoms with Crippen LogP contribution in [0.5, 0.6) is 0 Å². The van der Waals surface area contributed by atoms with E-state index in [-0.39, 0.29) is 0 Å². The summed E-state index contributed by atoms with van der Waals surface area (Å²) in [6.45, 7) is 4.28. The second-order valence-electron chi connectivity index (χ2n) is 6.27. The highest BCUT2D eigenvalue weighted by atomic mass is 32.2. The quantitative estimate of drug-likeness (QED) is 0.390. The second kappa shape index (κ2) is 9.26. The van der Waals surface area contributed by atoms with E-state index in [4.69, 9.17) is 0 Å². The Morgan fingerprint density at radius 3 is 2.25 bits per heavy atom. The fourth-order valence-electron chi connectivity index (χ4n) is 2.75. The Morgan fingerprint density at radius 1 is 0.929 bits per heavy atom. The first-order valence-electron chi connectivity index (χ1n) is 8.78. The monoisotopic (exact) mass is 391 g/mol. The van der Waals surface area contributed by atoms with Gasteiger partial charge in [-0.25, -0.2) is 4.79 Å². The highest BCUT2D eigenvalue weighted by molar-refractivity contribution is 7.98. The fraction of sp³-hybridized carbons (Fsp3) is 0.0870. The van der Waals surface area contributed by atoms with Crippen molar-refractivity contribution < 1.29 is 15.1 Å². The highest BCUT2D eigenvalue weighted by Crippen LogP contribution is 2.25. The molecule has 3 aromatic rings. The van der Waals surface area contributed by atoms with Gasteiger partial charge >= 0.3 is 5.97 Å². The van der Waals surface area contributed by atoms with Gasteiger partial charge in [0.15, 0.2) is 0 Å². The van der Waals surface area contributed by atoms with Crippen molar-refractivity contribution in [2.75, 3.05) is 0 Å². The normalized spacial score (nSPS) is 10.5. The first-order chi connectivity index (χ1) is 13.5. The number of benzene rings is 3. The molecule has 142 valence electrons. The highest BCUT2D eigenvalue weighted by Gasteiger charge is 2.10. The minimum atomic E-state index is -0.909. The molecule has 28 heavy (non-hydrogen) atoms. The molecule has 0 aliphatic carbocycles. The first-order valence-corrected chi connectivity index (χ1v) is 9.77. The maximum absolute atomic E-state index is 11.3. The molecule has 0 saturated heterocycles. The van der Waals surface area contributed by atoms with Gasteiger partial charge in [-0.1, -0.05) is 67.2 Å². The van der Waals surface area contributed by atoms with Crippen LogP contribution in [0, 0.1) is 0 Å². The van der Waals surface area contributed by atoms with E-state index in [0.29, 0.717) is 23.6 Å². The molecule has 0 aliphatic rings. The molecule has 0 radical (unpaired) electrons. The van der Waals surface area contributed by atoms with Crippen molar-refractivity contribution in [3.63, 3.8) is 0 Å². The SMILES string of the molecule is C=C(c1ccccc1)N(O)Cc1ccc(SCc2ccccc2C(=O)O)cc1. The van der Waals surface area contributed by atoms with Gasteiger partial charge in [0.25, 0.3) is 0 Å². The summed E-state index contributed by atoms with van der Waals surface area (Å²) in [5.74, 6) is -0.327. The van der Waals surface area contributed by atoms with Crippen molar-refractivity contribution in [3.8, 4) is 0 Å². The molecule has 5 heteroatoms. The van der Waals surface area contributed by atoms with Gasteiger partial charge in [-0.2, -0.15) is 0 Å². The van der Waals surface area contributed by atoms with Gasteiger partial charge in [0, 0.05) is 10.6 Å². The zero-order valence-corrected chi connectivity index (χ0v) is 16.1. The van der Waals surface area contributed by atoms with Crippen LogP contribution < -0.4 is 0 Å². The van der Waals surface area contributed by atoms with Crippen LogP contribution in [0.2, 0.25) is 0 Å². The molecule has 3 aromatic carbocycles. The zero-order chi connectivity index (χ0) is 19.9. The summed E-state index contributed by atoms with van der Waals surface area (Å²) in [7, 11) is 0. The molecule has 2 N–H and O–H groups in total. The number of hydrogen-bond acceptors (Lipinski definition) is 4. The first kappa shape index (κ1) is 19.7. The van der Waals surface area contributed by atoms with E-state index in [1.54, 1.807) is 23.9 Å². The maximum atomic E-state index is 11.3. The molecule has 0 aromatic heterocycles. The predicted molar refractivity (Wildman–Crippen MR) is 112 cm³/mol. The van der Waals surface area contributed by atoms with E-state index in [2.05, 4.69) is 6.58 Å². The van der Waals surface area contributed by atoms with Gasteiger partial charge < -0.3 is 5.11 Å². The molecule has 0 atom stereocenters. The number of hydroxylamine groups is 2. The summed E-state index contributed by atoms with van der Waals surface area (Å²) in [6.07, 6.45) is 0. The van der Waals surface area contributed by atoms with E-state index >= 15 is 0 Å². The minimum absolute atomic E-state index is 0.334. The lowest BCUT2D eigenvalue weighted by Gasteiger charge is -2.19. The lowest BCUT2D eigenvalue weighted by atomic mass is 10.1. The number of thioether (sulfide) groups is 1. The van der Waals surface area contributed by atoms with Gasteiger partial charge in [-0.15, -0.1) is 11.8 Å². The third-order valence-corrected chi connectivity index (χ3v) is 5.38. The van der Waals surface area contributed by atoms with E-state index in [1.807, 2.05) is 66.7 Å². The molecular weight excluding hydrogens is 370 g/mol. The van der Waals surface area contributed by atoms with Crippen LogP contribution in [-0.2, 0) is 12.3 Å². The van der Waals surface area contributed by atoms with Crippen LogP contribution >= 0.6 is 11.8 Å². The van der Waals surface area contributed by atoms with Gasteiger partial charge in [0.05, 0.1) is 17.8 Å². The molecule has 0 spiro atoms. The van der Waals surface area contributed by atoms with E-state index < -0.39 is 5.97 Å². The van der Waals surface area contributed by atoms with Crippen molar-refractivity contribution in [2.45, 2.75) is 17.2 Å². The Bertz CT molecular complexity index is 955. The third-order valence-electron chi connectivity index (χ3n) is 4.32. The van der Waals surface area contributed by atoms with Crippen LogP contribution in [0.15, 0.2) is 90.3 Å². The van der Waals surface area contributed by atoms with Crippen molar-refractivity contribution in [1.29, 1.82) is 0 Å². The zero-order valence-electron chi connectivity index (χ0n) is 15.3. The number of carboxylic acids is 1. The summed E-state index contributed by atoms with van der Waals surface area (Å²) in [6, 6.07) is 24.4. The lowest BCUT2D eigenvalue weighted by Crippen LogP contribution is -2.16. The van der Waals surface area contributed by atoms with Crippen molar-refractivity contribution in [2.24, 2.45) is 0 Å². The average Bonchev–Trinajstić information content (AvgIpc) is 2.73. The van der Waals surface area contributed by atoms with Crippen LogP contribution in [0.3, 0.4) is 0 Å². The largest absolute Gasteiger partial charge is 0.478 e. The van der Waals surface area contributed by atoms with Crippen LogP contribution in [0.25, 0.3) is 5.70 Å². The molecule has 4 nitrogen and oxygen atoms in total. The Morgan fingerprint density at radius 2 is 1.57 bits per heavy atom. The average molecular weight is 391 g/mol. The molecule has 0 fully saturated rings. The van der Waals surface area contributed by atoms with Gasteiger partial charge in [-0.3, -0.25) is 10.3 Å². The summed E-state index contributed by atoms with van der Waals surface area (Å²) >= 11 is 1.58. The number of carboxylic acid groups (broad SMARTS) is 1. The number of rotatable bonds is 8. The van der Waals surface area contributed by atoms with Crippen molar-refractivity contribution >= 4 is 23.4 Å². The molecule has 0 aliphatic heterocycles. The number of hydrogen-bond donors (Lipinski definition) is 2. The summed E-state index contributed by atoms with van der Waals surface area (Å²) in [5, 5.41) is 20.7. The minimum Gasteiger partial charge on any atom is -0.478 e. The maximum Gasteiger partial charge on any atom is 0.335 e. The molecule has 0 saturated carbocycles. The number of carbonyl (C=O) groups is 1. The summed E-state index contributed by atoms with van der Waals surface area (Å²) in [5.41, 5.74) is 3.50. The van der Waals surface area contributed by atoms with Crippen molar-refractivity contribution in [3.05, 3.63) is 108 Å². The number of aromatic carboxylic acids is 1. The molecule has 0 unspecified atom stereocenters. The Kier molecular flexibility index (Phi) is 6.53. The second-order valence-corrected chi connectivity index (χ2v) is 7.31. The molecule has 0 amide bonds. The number of nitrogens with zero attached hydrogens (tertiary/aromatic N) is 1. The van der Waals surface area contributed by atoms with Crippen LogP contribution in [0.4, 0.5) is 0 Å². The van der Waals surface area contributed by atoms with Gasteiger partial charge in [0.1, 0.15) is 0 Å². The van der Waals surface area contributed by atoms with Gasteiger partial charge in [-0.05, 0) is 34.9 Å². The lowest BCUT2D eigenvalue weighted by molar-refractivity contribution is -0.0352. The standard InChI is InChI=1S/C23H21NO3S/c1-17(19-7-3-2-4-8-19)24(27)15-18-11-13-21(14-12-18)28-16-20-9-5-6-10-22(20)23(25)26/h2-14,27H,1,15-16H2,(H,25,26). The Balaban J connectivity index is 1.59. The van der Waals surface area contributed by atoms with Crippen molar-refractivity contribution in [1.82, 2.24) is 5.06 Å². The topological polar surface area (TPSA) is 60.8 Å². The third kappa shape index (κ3) is 5.03. The Hall–Kier alpha value is -3.02. The molecule has 0 heterocycles. The van der Waals surface area contributed by atoms with Crippen LogP contribution in [-0.4, -0.2) is 21.3 Å². The van der Waals surface area contributed by atoms with E-state index in [9.17, 15) is 15.1 Å². The summed E-state index contributed by atoms with van der Waals surface area (Å²) in [4.78, 5) is 12.3.